The summed E-state index contributed by atoms with van der Waals surface area (Å²) >= 11 is 0. The zero-order valence-corrected chi connectivity index (χ0v) is 20.1. The first-order chi connectivity index (χ1) is 15.4. The Morgan fingerprint density at radius 2 is 0.697 bits per heavy atom. The fourth-order valence-electron chi connectivity index (χ4n) is 2.57. The maximum Gasteiger partial charge on any atom is 2.00 e. The van der Waals surface area contributed by atoms with Crippen molar-refractivity contribution in [3.63, 3.8) is 0 Å². The number of hydrogen-bond acceptors (Lipinski definition) is 6. The van der Waals surface area contributed by atoms with Gasteiger partial charge in [-0.25, -0.2) is 0 Å². The van der Waals surface area contributed by atoms with Crippen LogP contribution in [0.25, 0.3) is 0 Å². The summed E-state index contributed by atoms with van der Waals surface area (Å²) in [5.74, 6) is 0.648. The van der Waals surface area contributed by atoms with Crippen LogP contribution >= 0.6 is 15.2 Å². The number of hydrogen-bond donors (Lipinski definition) is 0. The molecule has 0 aliphatic rings. The van der Waals surface area contributed by atoms with Crippen LogP contribution in [-0.4, -0.2) is 0 Å². The van der Waals surface area contributed by atoms with Crippen LogP contribution in [0.2, 0.25) is 0 Å². The second-order valence-corrected chi connectivity index (χ2v) is 9.86. The molecule has 0 heterocycles. The van der Waals surface area contributed by atoms with Gasteiger partial charge >= 0.3 is 17.1 Å². The first kappa shape index (κ1) is 26.6. The Morgan fingerprint density at radius 3 is 0.970 bits per heavy atom. The quantitative estimate of drug-likeness (QED) is 0.282. The van der Waals surface area contributed by atoms with Crippen molar-refractivity contribution >= 4 is 25.8 Å². The Bertz CT molecular complexity index is 1100. The van der Waals surface area contributed by atoms with Crippen LogP contribution in [0.15, 0.2) is 121 Å². The molecular weight excluding hydrogens is 502 g/mol. The van der Waals surface area contributed by atoms with E-state index >= 15 is 0 Å². The summed E-state index contributed by atoms with van der Waals surface area (Å²) in [5.41, 5.74) is 0. The van der Waals surface area contributed by atoms with Crippen molar-refractivity contribution in [3.8, 4) is 11.5 Å². The van der Waals surface area contributed by atoms with E-state index in [0.29, 0.717) is 11.5 Å². The summed E-state index contributed by atoms with van der Waals surface area (Å²) in [7, 11) is -8.03. The summed E-state index contributed by atoms with van der Waals surface area (Å²) in [6.45, 7) is 0. The summed E-state index contributed by atoms with van der Waals surface area (Å²) < 4.78 is 33.6. The third kappa shape index (κ3) is 8.34. The van der Waals surface area contributed by atoms with Crippen LogP contribution in [0.5, 0.6) is 11.5 Å². The van der Waals surface area contributed by atoms with Crippen LogP contribution in [-0.2, 0) is 26.2 Å². The van der Waals surface area contributed by atoms with Gasteiger partial charge in [0.05, 0.1) is 0 Å². The molecule has 170 valence electrons. The van der Waals surface area contributed by atoms with Crippen molar-refractivity contribution in [1.29, 1.82) is 0 Å². The van der Waals surface area contributed by atoms with E-state index in [1.54, 1.807) is 97.1 Å². The van der Waals surface area contributed by atoms with E-state index < -0.39 is 15.2 Å². The molecule has 0 saturated heterocycles. The zero-order valence-electron chi connectivity index (χ0n) is 17.2. The normalized spacial score (nSPS) is 13.6. The van der Waals surface area contributed by atoms with Gasteiger partial charge in [-0.05, 0) is 48.5 Å². The maximum absolute atomic E-state index is 11.8. The molecule has 0 amide bonds. The van der Waals surface area contributed by atoms with Gasteiger partial charge in [-0.2, -0.15) is 0 Å². The summed E-state index contributed by atoms with van der Waals surface area (Å²) in [6.07, 6.45) is 0. The van der Waals surface area contributed by atoms with Gasteiger partial charge in [0.2, 0.25) is 15.2 Å². The Kier molecular flexibility index (Phi) is 10.1. The predicted octanol–water partition coefficient (Wildman–Crippen LogP) is 3.89. The van der Waals surface area contributed by atoms with Gasteiger partial charge in [0.1, 0.15) is 11.5 Å². The minimum absolute atomic E-state index is 0. The van der Waals surface area contributed by atoms with E-state index in [1.165, 1.54) is 24.3 Å². The van der Waals surface area contributed by atoms with Crippen molar-refractivity contribution < 1.29 is 45.0 Å². The van der Waals surface area contributed by atoms with Crippen molar-refractivity contribution in [2.45, 2.75) is 0 Å². The monoisotopic (exact) mass is 522 g/mol. The van der Waals surface area contributed by atoms with Crippen LogP contribution in [0.1, 0.15) is 0 Å². The number of benzene rings is 4. The Hall–Kier alpha value is -2.62. The molecule has 2 unspecified atom stereocenters. The predicted molar refractivity (Wildman–Crippen MR) is 122 cm³/mol. The molecule has 33 heavy (non-hydrogen) atoms. The van der Waals surface area contributed by atoms with Crippen molar-refractivity contribution in [1.82, 2.24) is 0 Å². The van der Waals surface area contributed by atoms with Gasteiger partial charge < -0.3 is 18.8 Å². The van der Waals surface area contributed by atoms with Crippen molar-refractivity contribution in [2.75, 3.05) is 0 Å². The van der Waals surface area contributed by atoms with Gasteiger partial charge in [0.25, 0.3) is 0 Å². The minimum Gasteiger partial charge on any atom is -0.765 e. The average molecular weight is 522 g/mol. The average Bonchev–Trinajstić information content (AvgIpc) is 2.81. The second-order valence-electron chi connectivity index (χ2n) is 6.47. The number of para-hydroxylation sites is 2. The smallest absolute Gasteiger partial charge is 0.765 e. The molecule has 0 fully saturated rings. The van der Waals surface area contributed by atoms with Crippen LogP contribution < -0.4 is 29.4 Å². The molecular formula is C24H20FeO6P2. The third-order valence-corrected chi connectivity index (χ3v) is 6.85. The van der Waals surface area contributed by atoms with Gasteiger partial charge in [0.15, 0.2) is 0 Å². The van der Waals surface area contributed by atoms with E-state index in [4.69, 9.17) is 9.05 Å². The maximum atomic E-state index is 11.8. The summed E-state index contributed by atoms with van der Waals surface area (Å²) in [5, 5.41) is 0.359. The van der Waals surface area contributed by atoms with Gasteiger partial charge in [0, 0.05) is 10.6 Å². The fourth-order valence-corrected chi connectivity index (χ4v) is 4.65. The molecule has 0 aliphatic heterocycles. The zero-order chi connectivity index (χ0) is 22.9. The topological polar surface area (TPSA) is 98.7 Å². The molecule has 4 aromatic carbocycles. The molecule has 6 nitrogen and oxygen atoms in total. The van der Waals surface area contributed by atoms with Crippen LogP contribution in [0, 0.1) is 0 Å². The first-order valence-corrected chi connectivity index (χ1v) is 12.7. The molecule has 0 aromatic heterocycles. The first-order valence-electron chi connectivity index (χ1n) is 9.59. The van der Waals surface area contributed by atoms with Crippen LogP contribution in [0.4, 0.5) is 0 Å². The molecule has 4 rings (SSSR count). The molecule has 0 radical (unpaired) electrons. The molecule has 0 aliphatic carbocycles. The molecule has 0 bridgehead atoms. The van der Waals surface area contributed by atoms with Crippen molar-refractivity contribution in [2.24, 2.45) is 0 Å². The molecule has 4 aromatic rings. The van der Waals surface area contributed by atoms with Gasteiger partial charge in [-0.3, -0.25) is 9.13 Å². The molecule has 2 atom stereocenters. The Morgan fingerprint density at radius 1 is 0.455 bits per heavy atom. The summed E-state index contributed by atoms with van der Waals surface area (Å²) in [4.78, 5) is 23.6. The standard InChI is InChI=1S/2C12H11O3P.Fe/c2*13-16(14,12-9-5-2-6-10-12)15-11-7-3-1-4-8-11;/h2*1-10H,(H,13,14);/q;;+2/p-2. The summed E-state index contributed by atoms with van der Waals surface area (Å²) in [6, 6.07) is 33.1. The number of rotatable bonds is 6. The molecule has 9 heteroatoms. The molecule has 0 spiro atoms. The Labute approximate surface area is 203 Å². The van der Waals surface area contributed by atoms with Crippen molar-refractivity contribution in [3.05, 3.63) is 121 Å². The SMILES string of the molecule is O=P([O-])(Oc1ccccc1)c1ccccc1.O=P([O-])(Oc1ccccc1)c1ccccc1.[Fe+2]. The van der Waals surface area contributed by atoms with Gasteiger partial charge in [-0.15, -0.1) is 0 Å². The third-order valence-electron chi connectivity index (χ3n) is 4.08. The van der Waals surface area contributed by atoms with E-state index in [2.05, 4.69) is 0 Å². The van der Waals surface area contributed by atoms with E-state index in [0.717, 1.165) is 0 Å². The second kappa shape index (κ2) is 12.6. The van der Waals surface area contributed by atoms with Crippen LogP contribution in [0.3, 0.4) is 0 Å². The Balaban J connectivity index is 0.000000227. The van der Waals surface area contributed by atoms with E-state index in [1.807, 2.05) is 0 Å². The fraction of sp³-hybridized carbons (Fsp3) is 0. The van der Waals surface area contributed by atoms with Gasteiger partial charge in [-0.1, -0.05) is 72.8 Å². The molecule has 0 saturated carbocycles. The minimum atomic E-state index is -4.02. The van der Waals surface area contributed by atoms with E-state index in [9.17, 15) is 18.9 Å². The molecule has 0 N–H and O–H groups in total. The van der Waals surface area contributed by atoms with E-state index in [-0.39, 0.29) is 27.7 Å². The largest absolute Gasteiger partial charge is 2.00 e.